The Morgan fingerprint density at radius 1 is 1.46 bits per heavy atom. The van der Waals surface area contributed by atoms with Crippen LogP contribution in [0.25, 0.3) is 0 Å². The number of hydrogen-bond donors (Lipinski definition) is 1. The summed E-state index contributed by atoms with van der Waals surface area (Å²) in [5, 5.41) is 2.32. The first-order valence-corrected chi connectivity index (χ1v) is 3.61. The number of rotatable bonds is 1. The van der Waals surface area contributed by atoms with E-state index in [-0.39, 0.29) is 5.84 Å². The third kappa shape index (κ3) is 5.49. The highest BCUT2D eigenvalue weighted by molar-refractivity contribution is 6.05. The van der Waals surface area contributed by atoms with Gasteiger partial charge in [-0.1, -0.05) is 6.58 Å². The van der Waals surface area contributed by atoms with E-state index in [1.165, 1.54) is 13.1 Å². The molecule has 3 amide bonds. The molecule has 0 saturated carbocycles. The van der Waals surface area contributed by atoms with Gasteiger partial charge in [-0.15, -0.1) is 0 Å². The minimum Gasteiger partial charge on any atom is -0.311 e. The van der Waals surface area contributed by atoms with Crippen molar-refractivity contribution in [3.8, 4) is 0 Å². The predicted molar refractivity (Wildman–Crippen MR) is 51.0 cm³/mol. The standard InChI is InChI=1S/C8H11N3O2/c1-4-7(12)10-6(3)11-8(13)9-5-2/h4-5H,1H2,2-3H3,(H,10,11,12,13). The average Bonchev–Trinajstić information content (AvgIpc) is 2.04. The summed E-state index contributed by atoms with van der Waals surface area (Å²) in [4.78, 5) is 28.3. The Kier molecular flexibility index (Phi) is 5.02. The van der Waals surface area contributed by atoms with Gasteiger partial charge in [-0.05, 0) is 19.9 Å². The Bertz CT molecular complexity index is 279. The largest absolute Gasteiger partial charge is 0.368 e. The van der Waals surface area contributed by atoms with Crippen molar-refractivity contribution in [2.75, 3.05) is 0 Å². The molecule has 0 aliphatic rings. The van der Waals surface area contributed by atoms with Crippen molar-refractivity contribution in [2.45, 2.75) is 13.8 Å². The lowest BCUT2D eigenvalue weighted by Gasteiger charge is -1.97. The lowest BCUT2D eigenvalue weighted by atomic mass is 10.5. The van der Waals surface area contributed by atoms with Gasteiger partial charge in [-0.2, -0.15) is 4.99 Å². The molecule has 13 heavy (non-hydrogen) atoms. The number of carbonyl (C=O) groups is 2. The highest BCUT2D eigenvalue weighted by Gasteiger charge is 1.98. The van der Waals surface area contributed by atoms with Gasteiger partial charge in [0, 0.05) is 6.21 Å². The van der Waals surface area contributed by atoms with Gasteiger partial charge in [0.1, 0.15) is 5.84 Å². The molecule has 0 heterocycles. The fraction of sp³-hybridized carbons (Fsp3) is 0.250. The van der Waals surface area contributed by atoms with E-state index in [2.05, 4.69) is 21.9 Å². The summed E-state index contributed by atoms with van der Waals surface area (Å²) in [5.74, 6) is -0.213. The first kappa shape index (κ1) is 11.2. The van der Waals surface area contributed by atoms with Crippen molar-refractivity contribution >= 4 is 24.0 Å². The van der Waals surface area contributed by atoms with Gasteiger partial charge in [0.25, 0.3) is 0 Å². The monoisotopic (exact) mass is 181 g/mol. The number of urea groups is 1. The van der Waals surface area contributed by atoms with Crippen LogP contribution >= 0.6 is 0 Å². The number of nitrogens with zero attached hydrogens (tertiary/aromatic N) is 2. The summed E-state index contributed by atoms with van der Waals surface area (Å²) >= 11 is 0. The number of nitrogens with one attached hydrogen (secondary N) is 1. The van der Waals surface area contributed by atoms with Gasteiger partial charge in [-0.3, -0.25) is 4.79 Å². The normalized spacial score (nSPS) is 11.4. The summed E-state index contributed by atoms with van der Waals surface area (Å²) < 4.78 is 0. The maximum Gasteiger partial charge on any atom is 0.368 e. The van der Waals surface area contributed by atoms with Crippen LogP contribution < -0.4 is 5.32 Å². The maximum atomic E-state index is 10.8. The minimum absolute atomic E-state index is 0.195. The molecule has 5 heteroatoms. The molecule has 70 valence electrons. The maximum absolute atomic E-state index is 10.8. The topological polar surface area (TPSA) is 70.9 Å². The zero-order valence-electron chi connectivity index (χ0n) is 7.57. The molecule has 1 N–H and O–H groups in total. The highest BCUT2D eigenvalue weighted by atomic mass is 16.2. The van der Waals surface area contributed by atoms with E-state index in [0.29, 0.717) is 0 Å². The first-order chi connectivity index (χ1) is 6.10. The predicted octanol–water partition coefficient (Wildman–Crippen LogP) is 0.918. The van der Waals surface area contributed by atoms with E-state index in [0.717, 1.165) is 6.08 Å². The van der Waals surface area contributed by atoms with Crippen molar-refractivity contribution < 1.29 is 9.59 Å². The second-order valence-electron chi connectivity index (χ2n) is 2.06. The summed E-state index contributed by atoms with van der Waals surface area (Å²) in [5.41, 5.74) is 0. The molecule has 0 aromatic rings. The van der Waals surface area contributed by atoms with Gasteiger partial charge in [0.2, 0.25) is 5.91 Å². The molecular formula is C8H11N3O2. The quantitative estimate of drug-likeness (QED) is 0.371. The zero-order valence-corrected chi connectivity index (χ0v) is 7.57. The molecule has 0 aromatic carbocycles. The molecule has 5 nitrogen and oxygen atoms in total. The van der Waals surface area contributed by atoms with Crippen LogP contribution in [-0.2, 0) is 4.79 Å². The van der Waals surface area contributed by atoms with E-state index in [9.17, 15) is 9.59 Å². The first-order valence-electron chi connectivity index (χ1n) is 3.61. The van der Waals surface area contributed by atoms with Crippen molar-refractivity contribution in [1.82, 2.24) is 5.32 Å². The summed E-state index contributed by atoms with van der Waals surface area (Å²) in [6.07, 6.45) is 2.42. The summed E-state index contributed by atoms with van der Waals surface area (Å²) in [6, 6.07) is -0.649. The molecule has 0 fully saturated rings. The van der Waals surface area contributed by atoms with Crippen LogP contribution in [0.4, 0.5) is 4.79 Å². The van der Waals surface area contributed by atoms with Crippen molar-refractivity contribution in [2.24, 2.45) is 9.98 Å². The van der Waals surface area contributed by atoms with Gasteiger partial charge in [-0.25, -0.2) is 9.79 Å². The molecule has 0 aliphatic carbocycles. The van der Waals surface area contributed by atoms with Gasteiger partial charge < -0.3 is 5.32 Å². The molecule has 0 aromatic heterocycles. The van der Waals surface area contributed by atoms with Crippen molar-refractivity contribution in [1.29, 1.82) is 0 Å². The minimum atomic E-state index is -0.649. The fourth-order valence-electron chi connectivity index (χ4n) is 0.540. The molecule has 0 saturated heterocycles. The Morgan fingerprint density at radius 2 is 2.08 bits per heavy atom. The number of aliphatic imine (C=N–C) groups is 2. The Morgan fingerprint density at radius 3 is 2.54 bits per heavy atom. The van der Waals surface area contributed by atoms with Crippen molar-refractivity contribution in [3.05, 3.63) is 12.7 Å². The molecule has 0 bridgehead atoms. The Balaban J connectivity index is 4.24. The van der Waals surface area contributed by atoms with E-state index >= 15 is 0 Å². The van der Waals surface area contributed by atoms with Crippen LogP contribution in [0.2, 0.25) is 0 Å². The zero-order chi connectivity index (χ0) is 10.3. The lowest BCUT2D eigenvalue weighted by molar-refractivity contribution is -0.115. The average molecular weight is 181 g/mol. The summed E-state index contributed by atoms with van der Waals surface area (Å²) in [7, 11) is 0. The SMILES string of the molecule is C=CC(=O)NC(C)=NC(=O)N=CC. The van der Waals surface area contributed by atoms with Gasteiger partial charge in [0.05, 0.1) is 0 Å². The molecule has 0 spiro atoms. The van der Waals surface area contributed by atoms with E-state index in [1.807, 2.05) is 0 Å². The van der Waals surface area contributed by atoms with E-state index in [4.69, 9.17) is 0 Å². The van der Waals surface area contributed by atoms with Crippen LogP contribution in [0.15, 0.2) is 22.6 Å². The van der Waals surface area contributed by atoms with Crippen LogP contribution in [0.1, 0.15) is 13.8 Å². The fourth-order valence-corrected chi connectivity index (χ4v) is 0.540. The molecular weight excluding hydrogens is 170 g/mol. The number of amidine groups is 1. The number of hydrogen-bond acceptors (Lipinski definition) is 2. The van der Waals surface area contributed by atoms with Gasteiger partial charge in [0.15, 0.2) is 0 Å². The van der Waals surface area contributed by atoms with Gasteiger partial charge >= 0.3 is 6.03 Å². The molecule has 0 radical (unpaired) electrons. The van der Waals surface area contributed by atoms with E-state index < -0.39 is 11.9 Å². The van der Waals surface area contributed by atoms with Crippen molar-refractivity contribution in [3.63, 3.8) is 0 Å². The third-order valence-corrected chi connectivity index (χ3v) is 0.992. The van der Waals surface area contributed by atoms with E-state index in [1.54, 1.807) is 6.92 Å². The molecule has 0 atom stereocenters. The van der Waals surface area contributed by atoms with Crippen LogP contribution in [0.3, 0.4) is 0 Å². The van der Waals surface area contributed by atoms with Crippen LogP contribution in [-0.4, -0.2) is 24.0 Å². The molecule has 0 rings (SSSR count). The Hall–Kier alpha value is -1.78. The number of amides is 3. The lowest BCUT2D eigenvalue weighted by Crippen LogP contribution is -2.26. The second kappa shape index (κ2) is 5.82. The smallest absolute Gasteiger partial charge is 0.311 e. The molecule has 0 aliphatic heterocycles. The summed E-state index contributed by atoms with van der Waals surface area (Å²) in [6.45, 7) is 6.34. The number of carbonyl (C=O) groups excluding carboxylic acids is 2. The second-order valence-corrected chi connectivity index (χ2v) is 2.06. The third-order valence-electron chi connectivity index (χ3n) is 0.992. The highest BCUT2D eigenvalue weighted by Crippen LogP contribution is 1.82. The van der Waals surface area contributed by atoms with Crippen LogP contribution in [0.5, 0.6) is 0 Å². The van der Waals surface area contributed by atoms with Crippen LogP contribution in [0, 0.1) is 0 Å². The Labute approximate surface area is 76.3 Å². The molecule has 0 unspecified atom stereocenters.